The van der Waals surface area contributed by atoms with Crippen molar-refractivity contribution in [2.45, 2.75) is 48.5 Å². The highest BCUT2D eigenvalue weighted by Gasteiger charge is 2.46. The lowest BCUT2D eigenvalue weighted by Crippen LogP contribution is -2.63. The van der Waals surface area contributed by atoms with Gasteiger partial charge in [-0.05, 0) is 19.1 Å². The molecule has 1 aromatic rings. The number of aliphatic hydroxyl groups is 3. The predicted octanol–water partition coefficient (Wildman–Crippen LogP) is -0.639. The molecule has 0 unspecified atom stereocenters. The molecule has 0 radical (unpaired) electrons. The van der Waals surface area contributed by atoms with Crippen molar-refractivity contribution in [3.8, 4) is 0 Å². The fraction of sp³-hybridized carbons (Fsp3) is 0.533. The first kappa shape index (κ1) is 20.1. The molecule has 1 amide bonds. The average Bonchev–Trinajstić information content (AvgIpc) is 2.54. The van der Waals surface area contributed by atoms with Crippen LogP contribution < -0.4 is 5.32 Å². The highest BCUT2D eigenvalue weighted by molar-refractivity contribution is 8.72. The van der Waals surface area contributed by atoms with Gasteiger partial charge in [0.15, 0.2) is 0 Å². The summed E-state index contributed by atoms with van der Waals surface area (Å²) < 4.78 is 30.6. The SMILES string of the molecule is CC(=O)N[C@@H]1[C@@H](O)[C@H](O)[C@@H](CO)O[C@@H]1SS(=O)(=O)c1ccc(C)cc1. The first-order chi connectivity index (χ1) is 11.7. The van der Waals surface area contributed by atoms with E-state index >= 15 is 0 Å². The summed E-state index contributed by atoms with van der Waals surface area (Å²) in [5, 5.41) is 31.8. The third kappa shape index (κ3) is 4.72. The zero-order valence-corrected chi connectivity index (χ0v) is 15.3. The molecule has 2 rings (SSSR count). The van der Waals surface area contributed by atoms with Gasteiger partial charge in [-0.25, -0.2) is 8.42 Å². The monoisotopic (exact) mass is 391 g/mol. The highest BCUT2D eigenvalue weighted by Crippen LogP contribution is 2.35. The van der Waals surface area contributed by atoms with Crippen LogP contribution in [0.3, 0.4) is 0 Å². The first-order valence-corrected chi connectivity index (χ1v) is 10.4. The Morgan fingerprint density at radius 2 is 1.84 bits per heavy atom. The summed E-state index contributed by atoms with van der Waals surface area (Å²) in [7, 11) is -3.44. The number of rotatable bonds is 5. The number of aryl methyl sites for hydroxylation is 1. The zero-order chi connectivity index (χ0) is 18.8. The molecule has 1 aliphatic rings. The van der Waals surface area contributed by atoms with Gasteiger partial charge < -0.3 is 25.4 Å². The number of aliphatic hydroxyl groups excluding tert-OH is 3. The molecule has 1 fully saturated rings. The van der Waals surface area contributed by atoms with Crippen LogP contribution in [0.4, 0.5) is 0 Å². The van der Waals surface area contributed by atoms with E-state index < -0.39 is 51.2 Å². The number of benzene rings is 1. The summed E-state index contributed by atoms with van der Waals surface area (Å²) in [5.74, 6) is -0.513. The molecule has 1 heterocycles. The van der Waals surface area contributed by atoms with Gasteiger partial charge in [-0.1, -0.05) is 17.7 Å². The van der Waals surface area contributed by atoms with Crippen LogP contribution in [0.1, 0.15) is 12.5 Å². The van der Waals surface area contributed by atoms with Gasteiger partial charge in [0.2, 0.25) is 14.8 Å². The fourth-order valence-electron chi connectivity index (χ4n) is 2.44. The summed E-state index contributed by atoms with van der Waals surface area (Å²) in [5.41, 5.74) is -0.307. The molecule has 1 aromatic carbocycles. The number of hydrogen-bond acceptors (Lipinski definition) is 8. The minimum Gasteiger partial charge on any atom is -0.394 e. The zero-order valence-electron chi connectivity index (χ0n) is 13.7. The van der Waals surface area contributed by atoms with Crippen molar-refractivity contribution < 1.29 is 33.3 Å². The van der Waals surface area contributed by atoms with Crippen LogP contribution in [0.25, 0.3) is 0 Å². The van der Waals surface area contributed by atoms with Crippen molar-refractivity contribution in [3.05, 3.63) is 29.8 Å². The van der Waals surface area contributed by atoms with Gasteiger partial charge in [0.05, 0.1) is 17.5 Å². The Morgan fingerprint density at radius 3 is 2.36 bits per heavy atom. The summed E-state index contributed by atoms with van der Waals surface area (Å²) >= 11 is 0. The van der Waals surface area contributed by atoms with E-state index in [1.807, 2.05) is 6.92 Å². The number of carbonyl (C=O) groups excluding carboxylic acids is 1. The third-order valence-corrected chi connectivity index (χ3v) is 7.39. The number of hydrogen-bond donors (Lipinski definition) is 4. The molecular weight excluding hydrogens is 370 g/mol. The smallest absolute Gasteiger partial charge is 0.232 e. The molecule has 25 heavy (non-hydrogen) atoms. The Labute approximate surface area is 149 Å². The highest BCUT2D eigenvalue weighted by atomic mass is 33.1. The molecular formula is C15H21NO7S2. The van der Waals surface area contributed by atoms with E-state index in [9.17, 15) is 28.5 Å². The molecule has 0 saturated carbocycles. The summed E-state index contributed by atoms with van der Waals surface area (Å²) in [6.07, 6.45) is -4.10. The maximum Gasteiger partial charge on any atom is 0.232 e. The summed E-state index contributed by atoms with van der Waals surface area (Å²) in [4.78, 5) is 11.4. The molecule has 10 heteroatoms. The van der Waals surface area contributed by atoms with Gasteiger partial charge in [-0.2, -0.15) is 0 Å². The number of carbonyl (C=O) groups is 1. The van der Waals surface area contributed by atoms with Crippen molar-refractivity contribution in [1.29, 1.82) is 0 Å². The van der Waals surface area contributed by atoms with Crippen molar-refractivity contribution >= 4 is 25.6 Å². The van der Waals surface area contributed by atoms with Gasteiger partial charge in [0, 0.05) is 17.7 Å². The lowest BCUT2D eigenvalue weighted by Gasteiger charge is -2.41. The molecule has 0 aromatic heterocycles. The molecule has 4 N–H and O–H groups in total. The molecule has 140 valence electrons. The quantitative estimate of drug-likeness (QED) is 0.487. The van der Waals surface area contributed by atoms with Crippen LogP contribution in [0.15, 0.2) is 29.2 Å². The average molecular weight is 391 g/mol. The van der Waals surface area contributed by atoms with E-state index in [2.05, 4.69) is 5.32 Å². The maximum atomic E-state index is 12.6. The van der Waals surface area contributed by atoms with E-state index in [1.165, 1.54) is 19.1 Å². The second-order valence-electron chi connectivity index (χ2n) is 5.80. The van der Waals surface area contributed by atoms with Crippen LogP contribution in [0, 0.1) is 6.92 Å². The topological polar surface area (TPSA) is 133 Å². The predicted molar refractivity (Wildman–Crippen MR) is 91.3 cm³/mol. The normalized spacial score (nSPS) is 30.0. The van der Waals surface area contributed by atoms with Gasteiger partial charge in [0.25, 0.3) is 0 Å². The fourth-order valence-corrected chi connectivity index (χ4v) is 5.72. The standard InChI is InChI=1S/C15H21NO7S2/c1-8-3-5-10(6-4-8)25(21,22)24-15-12(16-9(2)18)14(20)13(19)11(7-17)23-15/h3-6,11-15,17,19-20H,7H2,1-2H3,(H,16,18)/t11-,12-,13-,14-,15-/m1/s1. The Kier molecular flexibility index (Phi) is 6.46. The van der Waals surface area contributed by atoms with Crippen LogP contribution in [0.5, 0.6) is 0 Å². The first-order valence-electron chi connectivity index (χ1n) is 7.55. The summed E-state index contributed by atoms with van der Waals surface area (Å²) in [6.45, 7) is 2.42. The van der Waals surface area contributed by atoms with Crippen molar-refractivity contribution in [3.63, 3.8) is 0 Å². The molecule has 0 aliphatic carbocycles. The number of amides is 1. The van der Waals surface area contributed by atoms with Gasteiger partial charge in [-0.15, -0.1) is 0 Å². The van der Waals surface area contributed by atoms with E-state index in [1.54, 1.807) is 12.1 Å². The third-order valence-electron chi connectivity index (χ3n) is 3.78. The minimum absolute atomic E-state index is 0.0504. The van der Waals surface area contributed by atoms with Gasteiger partial charge in [-0.3, -0.25) is 4.79 Å². The molecule has 1 saturated heterocycles. The van der Waals surface area contributed by atoms with Gasteiger partial charge >= 0.3 is 0 Å². The number of nitrogens with one attached hydrogen (secondary N) is 1. The van der Waals surface area contributed by atoms with E-state index in [4.69, 9.17) is 4.74 Å². The lowest BCUT2D eigenvalue weighted by molar-refractivity contribution is -0.173. The van der Waals surface area contributed by atoms with E-state index in [-0.39, 0.29) is 4.90 Å². The Morgan fingerprint density at radius 1 is 1.24 bits per heavy atom. The van der Waals surface area contributed by atoms with Gasteiger partial charge in [0.1, 0.15) is 23.7 Å². The molecule has 0 spiro atoms. The Hall–Kier alpha value is -1.17. The van der Waals surface area contributed by atoms with Crippen LogP contribution in [0.2, 0.25) is 0 Å². The van der Waals surface area contributed by atoms with Crippen molar-refractivity contribution in [2.24, 2.45) is 0 Å². The molecule has 1 aliphatic heterocycles. The second kappa shape index (κ2) is 8.02. The number of ether oxygens (including phenoxy) is 1. The second-order valence-corrected chi connectivity index (χ2v) is 9.73. The molecule has 8 nitrogen and oxygen atoms in total. The van der Waals surface area contributed by atoms with Crippen LogP contribution in [-0.2, 0) is 18.4 Å². The van der Waals surface area contributed by atoms with E-state index in [0.29, 0.717) is 10.8 Å². The van der Waals surface area contributed by atoms with Crippen LogP contribution in [-0.4, -0.2) is 66.0 Å². The Bertz CT molecular complexity index is 707. The lowest BCUT2D eigenvalue weighted by atomic mass is 9.98. The Balaban J connectivity index is 2.28. The largest absolute Gasteiger partial charge is 0.394 e. The van der Waals surface area contributed by atoms with Crippen LogP contribution >= 0.6 is 10.8 Å². The van der Waals surface area contributed by atoms with Crippen molar-refractivity contribution in [2.75, 3.05) is 6.61 Å². The molecule has 0 bridgehead atoms. The van der Waals surface area contributed by atoms with E-state index in [0.717, 1.165) is 5.56 Å². The molecule has 5 atom stereocenters. The van der Waals surface area contributed by atoms with Crippen molar-refractivity contribution in [1.82, 2.24) is 5.32 Å². The minimum atomic E-state index is -3.85. The summed E-state index contributed by atoms with van der Waals surface area (Å²) in [6, 6.07) is 5.04. The maximum absolute atomic E-state index is 12.6.